The molecule has 1 heterocycles. The van der Waals surface area contributed by atoms with Crippen molar-refractivity contribution in [3.63, 3.8) is 0 Å². The molecule has 0 aliphatic carbocycles. The molecule has 90 valence electrons. The van der Waals surface area contributed by atoms with E-state index in [0.29, 0.717) is 6.61 Å². The van der Waals surface area contributed by atoms with Gasteiger partial charge in [0.25, 0.3) is 0 Å². The molecule has 1 aliphatic heterocycles. The van der Waals surface area contributed by atoms with Crippen molar-refractivity contribution >= 4 is 11.8 Å². The van der Waals surface area contributed by atoms with Crippen LogP contribution in [-0.2, 0) is 19.1 Å². The molecule has 1 saturated heterocycles. The lowest BCUT2D eigenvalue weighted by Crippen LogP contribution is -2.30. The van der Waals surface area contributed by atoms with E-state index in [1.807, 2.05) is 0 Å². The standard InChI is InChI=1S/C11H16O5/c1-8(9(12)5-6-10(13)14)16-11-4-2-3-7-15-11/h5-6,8,11H,2-4,7H2,1H3,(H,13,14)/b6-5+. The van der Waals surface area contributed by atoms with Crippen LogP contribution in [0.2, 0.25) is 0 Å². The largest absolute Gasteiger partial charge is 0.478 e. The van der Waals surface area contributed by atoms with Gasteiger partial charge in [0.05, 0.1) is 0 Å². The molecule has 1 N–H and O–H groups in total. The van der Waals surface area contributed by atoms with Gasteiger partial charge in [0.15, 0.2) is 12.1 Å². The van der Waals surface area contributed by atoms with Crippen molar-refractivity contribution < 1.29 is 24.2 Å². The van der Waals surface area contributed by atoms with E-state index in [4.69, 9.17) is 14.6 Å². The molecule has 0 aromatic heterocycles. The van der Waals surface area contributed by atoms with Crippen LogP contribution in [0.3, 0.4) is 0 Å². The maximum Gasteiger partial charge on any atom is 0.328 e. The van der Waals surface area contributed by atoms with E-state index < -0.39 is 12.1 Å². The van der Waals surface area contributed by atoms with E-state index in [1.54, 1.807) is 6.92 Å². The quantitative estimate of drug-likeness (QED) is 0.714. The summed E-state index contributed by atoms with van der Waals surface area (Å²) >= 11 is 0. The molecule has 0 radical (unpaired) electrons. The molecule has 0 aromatic rings. The number of hydrogen-bond donors (Lipinski definition) is 1. The van der Waals surface area contributed by atoms with Crippen LogP contribution < -0.4 is 0 Å². The minimum atomic E-state index is -1.14. The van der Waals surface area contributed by atoms with Crippen molar-refractivity contribution in [3.8, 4) is 0 Å². The summed E-state index contributed by atoms with van der Waals surface area (Å²) in [6, 6.07) is 0. The van der Waals surface area contributed by atoms with E-state index in [0.717, 1.165) is 31.4 Å². The van der Waals surface area contributed by atoms with Crippen molar-refractivity contribution in [2.24, 2.45) is 0 Å². The third-order valence-corrected chi connectivity index (χ3v) is 2.28. The zero-order valence-electron chi connectivity index (χ0n) is 9.22. The van der Waals surface area contributed by atoms with Gasteiger partial charge in [0, 0.05) is 12.7 Å². The molecule has 0 aromatic carbocycles. The minimum Gasteiger partial charge on any atom is -0.478 e. The number of ether oxygens (including phenoxy) is 2. The van der Waals surface area contributed by atoms with E-state index in [2.05, 4.69) is 0 Å². The fourth-order valence-electron chi connectivity index (χ4n) is 1.40. The van der Waals surface area contributed by atoms with Gasteiger partial charge in [-0.3, -0.25) is 4.79 Å². The van der Waals surface area contributed by atoms with Gasteiger partial charge in [-0.1, -0.05) is 0 Å². The Balaban J connectivity index is 2.35. The molecular formula is C11H16O5. The van der Waals surface area contributed by atoms with Gasteiger partial charge in [0.1, 0.15) is 6.10 Å². The van der Waals surface area contributed by atoms with Gasteiger partial charge in [-0.25, -0.2) is 4.79 Å². The molecule has 0 bridgehead atoms. The Kier molecular flexibility index (Phi) is 5.14. The highest BCUT2D eigenvalue weighted by Crippen LogP contribution is 2.15. The highest BCUT2D eigenvalue weighted by molar-refractivity contribution is 5.97. The smallest absolute Gasteiger partial charge is 0.328 e. The van der Waals surface area contributed by atoms with Crippen LogP contribution in [-0.4, -0.2) is 35.9 Å². The average molecular weight is 228 g/mol. The number of rotatable bonds is 5. The number of carbonyl (C=O) groups excluding carboxylic acids is 1. The number of ketones is 1. The van der Waals surface area contributed by atoms with Crippen LogP contribution in [0.15, 0.2) is 12.2 Å². The second kappa shape index (κ2) is 6.40. The molecule has 1 aliphatic rings. The number of aliphatic carboxylic acids is 1. The number of carbonyl (C=O) groups is 2. The van der Waals surface area contributed by atoms with E-state index in [1.165, 1.54) is 0 Å². The highest BCUT2D eigenvalue weighted by Gasteiger charge is 2.20. The first kappa shape index (κ1) is 12.9. The van der Waals surface area contributed by atoms with Crippen molar-refractivity contribution in [1.29, 1.82) is 0 Å². The summed E-state index contributed by atoms with van der Waals surface area (Å²) in [5, 5.41) is 8.36. The molecule has 2 atom stereocenters. The summed E-state index contributed by atoms with van der Waals surface area (Å²) in [4.78, 5) is 21.6. The monoisotopic (exact) mass is 228 g/mol. The fourth-order valence-corrected chi connectivity index (χ4v) is 1.40. The Bertz CT molecular complexity index is 278. The topological polar surface area (TPSA) is 72.8 Å². The average Bonchev–Trinajstić information content (AvgIpc) is 2.27. The predicted octanol–water partition coefficient (Wildman–Crippen LogP) is 1.13. The maximum atomic E-state index is 11.4. The Hall–Kier alpha value is -1.20. The highest BCUT2D eigenvalue weighted by atomic mass is 16.7. The summed E-state index contributed by atoms with van der Waals surface area (Å²) in [5.41, 5.74) is 0. The number of carboxylic acid groups (broad SMARTS) is 1. The van der Waals surface area contributed by atoms with Crippen LogP contribution in [0.1, 0.15) is 26.2 Å². The fraction of sp³-hybridized carbons (Fsp3) is 0.636. The zero-order valence-corrected chi connectivity index (χ0v) is 9.22. The first-order valence-electron chi connectivity index (χ1n) is 5.31. The normalized spacial score (nSPS) is 23.2. The molecule has 5 heteroatoms. The molecule has 2 unspecified atom stereocenters. The third kappa shape index (κ3) is 4.55. The lowest BCUT2D eigenvalue weighted by molar-refractivity contribution is -0.186. The predicted molar refractivity (Wildman–Crippen MR) is 55.9 cm³/mol. The van der Waals surface area contributed by atoms with Crippen molar-refractivity contribution in [2.45, 2.75) is 38.6 Å². The van der Waals surface area contributed by atoms with Gasteiger partial charge >= 0.3 is 5.97 Å². The van der Waals surface area contributed by atoms with E-state index in [-0.39, 0.29) is 12.1 Å². The van der Waals surface area contributed by atoms with Gasteiger partial charge in [-0.2, -0.15) is 0 Å². The lowest BCUT2D eigenvalue weighted by atomic mass is 10.2. The molecule has 1 fully saturated rings. The summed E-state index contributed by atoms with van der Waals surface area (Å²) < 4.78 is 10.7. The lowest BCUT2D eigenvalue weighted by Gasteiger charge is -2.24. The van der Waals surface area contributed by atoms with Crippen molar-refractivity contribution in [2.75, 3.05) is 6.61 Å². The van der Waals surface area contributed by atoms with Crippen molar-refractivity contribution in [3.05, 3.63) is 12.2 Å². The van der Waals surface area contributed by atoms with Gasteiger partial charge < -0.3 is 14.6 Å². The summed E-state index contributed by atoms with van der Waals surface area (Å²) in [7, 11) is 0. The summed E-state index contributed by atoms with van der Waals surface area (Å²) in [5.74, 6) is -1.51. The van der Waals surface area contributed by atoms with Crippen LogP contribution in [0, 0.1) is 0 Å². The SMILES string of the molecule is CC(OC1CCCCO1)C(=O)/C=C/C(=O)O. The molecule has 5 nitrogen and oxygen atoms in total. The first-order chi connectivity index (χ1) is 7.59. The Labute approximate surface area is 94.0 Å². The van der Waals surface area contributed by atoms with Crippen LogP contribution in [0.5, 0.6) is 0 Å². The maximum absolute atomic E-state index is 11.4. The molecule has 0 spiro atoms. The number of hydrogen-bond acceptors (Lipinski definition) is 4. The first-order valence-corrected chi connectivity index (χ1v) is 5.31. The summed E-state index contributed by atoms with van der Waals surface area (Å²) in [6.07, 6.45) is 3.63. The number of carboxylic acids is 1. The second-order valence-corrected chi connectivity index (χ2v) is 3.65. The molecule has 0 saturated carbocycles. The Morgan fingerprint density at radius 1 is 1.44 bits per heavy atom. The second-order valence-electron chi connectivity index (χ2n) is 3.65. The third-order valence-electron chi connectivity index (χ3n) is 2.28. The van der Waals surface area contributed by atoms with E-state index >= 15 is 0 Å². The van der Waals surface area contributed by atoms with Gasteiger partial charge in [0.2, 0.25) is 0 Å². The Morgan fingerprint density at radius 2 is 2.19 bits per heavy atom. The van der Waals surface area contributed by atoms with Crippen LogP contribution in [0.25, 0.3) is 0 Å². The summed E-state index contributed by atoms with van der Waals surface area (Å²) in [6.45, 7) is 2.24. The van der Waals surface area contributed by atoms with Crippen LogP contribution >= 0.6 is 0 Å². The Morgan fingerprint density at radius 3 is 2.75 bits per heavy atom. The molecule has 16 heavy (non-hydrogen) atoms. The van der Waals surface area contributed by atoms with Gasteiger partial charge in [-0.15, -0.1) is 0 Å². The van der Waals surface area contributed by atoms with Crippen LogP contribution in [0.4, 0.5) is 0 Å². The minimum absolute atomic E-state index is 0.342. The van der Waals surface area contributed by atoms with Gasteiger partial charge in [-0.05, 0) is 32.3 Å². The van der Waals surface area contributed by atoms with Crippen molar-refractivity contribution in [1.82, 2.24) is 0 Å². The zero-order chi connectivity index (χ0) is 12.0. The van der Waals surface area contributed by atoms with E-state index in [9.17, 15) is 9.59 Å². The molecule has 1 rings (SSSR count). The molecular weight excluding hydrogens is 212 g/mol. The molecule has 0 amide bonds.